The van der Waals surface area contributed by atoms with E-state index in [0.29, 0.717) is 0 Å². The first-order valence-corrected chi connectivity index (χ1v) is 8.79. The van der Waals surface area contributed by atoms with Crippen molar-refractivity contribution in [2.45, 2.75) is 17.3 Å². The maximum atomic E-state index is 12.2. The SMILES string of the molecule is O=C(NC1c2ccccc2CC1Br)c1csc(I)c1. The Hall–Kier alpha value is -0.400. The number of alkyl halides is 1. The Kier molecular flexibility index (Phi) is 3.96. The minimum Gasteiger partial charge on any atom is -0.344 e. The average Bonchev–Trinajstić information content (AvgIpc) is 2.95. The van der Waals surface area contributed by atoms with Gasteiger partial charge in [0.1, 0.15) is 0 Å². The molecule has 19 heavy (non-hydrogen) atoms. The van der Waals surface area contributed by atoms with E-state index in [2.05, 4.69) is 56.0 Å². The second kappa shape index (κ2) is 5.54. The summed E-state index contributed by atoms with van der Waals surface area (Å²) in [5.41, 5.74) is 3.29. The summed E-state index contributed by atoms with van der Waals surface area (Å²) in [6.45, 7) is 0. The Bertz CT molecular complexity index is 627. The van der Waals surface area contributed by atoms with Crippen LogP contribution in [0.3, 0.4) is 0 Å². The molecule has 98 valence electrons. The molecule has 0 fully saturated rings. The third-order valence-corrected chi connectivity index (χ3v) is 5.92. The lowest BCUT2D eigenvalue weighted by Gasteiger charge is -2.17. The summed E-state index contributed by atoms with van der Waals surface area (Å²) in [5, 5.41) is 5.04. The summed E-state index contributed by atoms with van der Waals surface area (Å²) in [6.07, 6.45) is 0.961. The molecule has 0 spiro atoms. The fourth-order valence-electron chi connectivity index (χ4n) is 2.37. The molecule has 5 heteroatoms. The highest BCUT2D eigenvalue weighted by Gasteiger charge is 2.31. The van der Waals surface area contributed by atoms with Crippen molar-refractivity contribution in [2.24, 2.45) is 0 Å². The van der Waals surface area contributed by atoms with E-state index in [0.717, 1.165) is 14.9 Å². The Morgan fingerprint density at radius 3 is 2.95 bits per heavy atom. The predicted octanol–water partition coefficient (Wildman–Crippen LogP) is 4.14. The highest BCUT2D eigenvalue weighted by Crippen LogP contribution is 2.36. The van der Waals surface area contributed by atoms with E-state index in [4.69, 9.17) is 0 Å². The molecule has 2 unspecified atom stereocenters. The molecule has 1 aromatic carbocycles. The van der Waals surface area contributed by atoms with Gasteiger partial charge < -0.3 is 5.32 Å². The van der Waals surface area contributed by atoms with Crippen molar-refractivity contribution >= 4 is 55.8 Å². The molecule has 1 aliphatic rings. The van der Waals surface area contributed by atoms with Crippen LogP contribution in [-0.2, 0) is 6.42 Å². The summed E-state index contributed by atoms with van der Waals surface area (Å²) in [4.78, 5) is 12.5. The third-order valence-electron chi connectivity index (χ3n) is 3.28. The largest absolute Gasteiger partial charge is 0.344 e. The van der Waals surface area contributed by atoms with E-state index in [9.17, 15) is 4.79 Å². The normalized spacial score (nSPS) is 21.2. The number of rotatable bonds is 2. The second-order valence-electron chi connectivity index (χ2n) is 4.51. The summed E-state index contributed by atoms with van der Waals surface area (Å²) in [6, 6.07) is 10.3. The van der Waals surface area contributed by atoms with Crippen LogP contribution in [0.25, 0.3) is 0 Å². The van der Waals surface area contributed by atoms with E-state index in [1.807, 2.05) is 23.6 Å². The molecule has 0 saturated carbocycles. The summed E-state index contributed by atoms with van der Waals surface area (Å²) >= 11 is 7.50. The number of carbonyl (C=O) groups excluding carboxylic acids is 1. The van der Waals surface area contributed by atoms with E-state index in [-0.39, 0.29) is 16.8 Å². The van der Waals surface area contributed by atoms with E-state index >= 15 is 0 Å². The maximum absolute atomic E-state index is 12.2. The number of hydrogen-bond donors (Lipinski definition) is 1. The van der Waals surface area contributed by atoms with Crippen LogP contribution in [0.5, 0.6) is 0 Å². The van der Waals surface area contributed by atoms with Gasteiger partial charge in [-0.15, -0.1) is 11.3 Å². The molecule has 0 saturated heterocycles. The second-order valence-corrected chi connectivity index (χ2v) is 8.49. The van der Waals surface area contributed by atoms with Gasteiger partial charge >= 0.3 is 0 Å². The number of hydrogen-bond acceptors (Lipinski definition) is 2. The van der Waals surface area contributed by atoms with Gasteiger partial charge in [0.2, 0.25) is 0 Å². The molecule has 1 aromatic heterocycles. The first-order chi connectivity index (χ1) is 9.15. The number of carbonyl (C=O) groups is 1. The van der Waals surface area contributed by atoms with Gasteiger partial charge in [0.15, 0.2) is 0 Å². The van der Waals surface area contributed by atoms with Crippen molar-refractivity contribution in [3.8, 4) is 0 Å². The van der Waals surface area contributed by atoms with Crippen LogP contribution >= 0.6 is 49.9 Å². The van der Waals surface area contributed by atoms with E-state index in [1.54, 1.807) is 11.3 Å². The van der Waals surface area contributed by atoms with Crippen LogP contribution in [0.1, 0.15) is 27.5 Å². The highest BCUT2D eigenvalue weighted by atomic mass is 127. The number of amides is 1. The first kappa shape index (κ1) is 13.6. The Morgan fingerprint density at radius 1 is 1.42 bits per heavy atom. The van der Waals surface area contributed by atoms with Crippen molar-refractivity contribution in [3.05, 3.63) is 55.3 Å². The van der Waals surface area contributed by atoms with Crippen molar-refractivity contribution in [2.75, 3.05) is 0 Å². The molecule has 2 aromatic rings. The zero-order valence-electron chi connectivity index (χ0n) is 9.90. The van der Waals surface area contributed by atoms with Gasteiger partial charge in [0.25, 0.3) is 5.91 Å². The Labute approximate surface area is 137 Å². The van der Waals surface area contributed by atoms with Crippen LogP contribution in [0, 0.1) is 2.88 Å². The minimum absolute atomic E-state index is 0.00493. The number of benzene rings is 1. The molecule has 2 nitrogen and oxygen atoms in total. The Balaban J connectivity index is 1.82. The number of fused-ring (bicyclic) bond motifs is 1. The van der Waals surface area contributed by atoms with Gasteiger partial charge in [0, 0.05) is 10.2 Å². The molecule has 2 atom stereocenters. The minimum atomic E-state index is 0.00493. The molecule has 3 rings (SSSR count). The maximum Gasteiger partial charge on any atom is 0.252 e. The van der Waals surface area contributed by atoms with Crippen molar-refractivity contribution < 1.29 is 4.79 Å². The molecular weight excluding hydrogens is 437 g/mol. The number of nitrogens with one attached hydrogen (secondary N) is 1. The van der Waals surface area contributed by atoms with Crippen LogP contribution in [-0.4, -0.2) is 10.7 Å². The summed E-state index contributed by atoms with van der Waals surface area (Å²) in [7, 11) is 0. The summed E-state index contributed by atoms with van der Waals surface area (Å²) < 4.78 is 1.13. The fourth-order valence-corrected chi connectivity index (χ4v) is 4.46. The first-order valence-electron chi connectivity index (χ1n) is 5.92. The molecular formula is C14H11BrINOS. The van der Waals surface area contributed by atoms with E-state index < -0.39 is 0 Å². The van der Waals surface area contributed by atoms with Crippen LogP contribution in [0.4, 0.5) is 0 Å². The van der Waals surface area contributed by atoms with Crippen molar-refractivity contribution in [3.63, 3.8) is 0 Å². The predicted molar refractivity (Wildman–Crippen MR) is 90.1 cm³/mol. The number of halogens is 2. The highest BCUT2D eigenvalue weighted by molar-refractivity contribution is 14.1. The monoisotopic (exact) mass is 447 g/mol. The fraction of sp³-hybridized carbons (Fsp3) is 0.214. The third kappa shape index (κ3) is 2.73. The molecule has 1 aliphatic carbocycles. The summed E-state index contributed by atoms with van der Waals surface area (Å²) in [5.74, 6) is 0.00493. The zero-order valence-corrected chi connectivity index (χ0v) is 14.5. The standard InChI is InChI=1S/C14H11BrINOS/c15-11-5-8-3-1-2-4-10(8)13(11)17-14(18)9-6-12(16)19-7-9/h1-4,6-7,11,13H,5H2,(H,17,18). The van der Waals surface area contributed by atoms with Crippen molar-refractivity contribution in [1.29, 1.82) is 0 Å². The molecule has 1 amide bonds. The quantitative estimate of drug-likeness (QED) is 0.544. The van der Waals surface area contributed by atoms with Gasteiger partial charge in [-0.3, -0.25) is 4.79 Å². The van der Waals surface area contributed by atoms with Gasteiger partial charge in [-0.05, 0) is 46.2 Å². The topological polar surface area (TPSA) is 29.1 Å². The average molecular weight is 448 g/mol. The lowest BCUT2D eigenvalue weighted by molar-refractivity contribution is 0.0938. The van der Waals surface area contributed by atoms with Gasteiger partial charge in [0.05, 0.1) is 14.5 Å². The van der Waals surface area contributed by atoms with E-state index in [1.165, 1.54) is 11.1 Å². The van der Waals surface area contributed by atoms with Gasteiger partial charge in [-0.25, -0.2) is 0 Å². The molecule has 0 radical (unpaired) electrons. The van der Waals surface area contributed by atoms with Crippen molar-refractivity contribution in [1.82, 2.24) is 5.32 Å². The van der Waals surface area contributed by atoms with Gasteiger partial charge in [-0.1, -0.05) is 40.2 Å². The molecule has 0 aliphatic heterocycles. The molecule has 1 N–H and O–H groups in total. The smallest absolute Gasteiger partial charge is 0.252 e. The van der Waals surface area contributed by atoms with Crippen LogP contribution in [0.2, 0.25) is 0 Å². The Morgan fingerprint density at radius 2 is 2.21 bits per heavy atom. The zero-order chi connectivity index (χ0) is 13.4. The lowest BCUT2D eigenvalue weighted by Crippen LogP contribution is -2.31. The van der Waals surface area contributed by atoms with Crippen LogP contribution in [0.15, 0.2) is 35.7 Å². The molecule has 1 heterocycles. The lowest BCUT2D eigenvalue weighted by atomic mass is 10.1. The number of thiophene rings is 1. The van der Waals surface area contributed by atoms with Crippen LogP contribution < -0.4 is 5.32 Å². The van der Waals surface area contributed by atoms with Gasteiger partial charge in [-0.2, -0.15) is 0 Å². The molecule has 0 bridgehead atoms.